The lowest BCUT2D eigenvalue weighted by molar-refractivity contribution is -0.137. The minimum atomic E-state index is -5.00. The van der Waals surface area contributed by atoms with Crippen LogP contribution in [0.3, 0.4) is 0 Å². The van der Waals surface area contributed by atoms with Crippen LogP contribution in [0.1, 0.15) is 62.7 Å². The Hall–Kier alpha value is -4.19. The number of carbonyl (C=O) groups excluding carboxylic acids is 3. The van der Waals surface area contributed by atoms with Gasteiger partial charge in [0.1, 0.15) is 11.6 Å². The van der Waals surface area contributed by atoms with Crippen LogP contribution in [0.25, 0.3) is 0 Å². The molecular formula is C26H18ClF5N4O3. The van der Waals surface area contributed by atoms with E-state index in [-0.39, 0.29) is 44.7 Å². The van der Waals surface area contributed by atoms with Crippen molar-refractivity contribution in [2.75, 3.05) is 17.1 Å². The molecule has 3 N–H and O–H groups in total. The Labute approximate surface area is 230 Å². The summed E-state index contributed by atoms with van der Waals surface area (Å²) >= 11 is 6.28. The second kappa shape index (κ2) is 9.53. The van der Waals surface area contributed by atoms with Crippen molar-refractivity contribution >= 4 is 40.8 Å². The molecule has 4 amide bonds. The van der Waals surface area contributed by atoms with Crippen LogP contribution in [-0.4, -0.2) is 29.2 Å². The van der Waals surface area contributed by atoms with E-state index in [2.05, 4.69) is 16.0 Å². The molecule has 3 aromatic carbocycles. The number of alkyl halides is 3. The van der Waals surface area contributed by atoms with E-state index in [1.165, 1.54) is 6.07 Å². The lowest BCUT2D eigenvalue weighted by Crippen LogP contribution is -2.39. The van der Waals surface area contributed by atoms with Crippen molar-refractivity contribution in [3.8, 4) is 0 Å². The van der Waals surface area contributed by atoms with Crippen molar-refractivity contribution in [3.63, 3.8) is 0 Å². The fourth-order valence-corrected chi connectivity index (χ4v) is 4.72. The monoisotopic (exact) mass is 569 g/mol. The topological polar surface area (TPSA) is 90.5 Å². The van der Waals surface area contributed by atoms with E-state index in [1.54, 1.807) is 0 Å². The highest BCUT2D eigenvalue weighted by Crippen LogP contribution is 2.45. The molecule has 0 fully saturated rings. The summed E-state index contributed by atoms with van der Waals surface area (Å²) in [5, 5.41) is 7.15. The second-order valence-corrected chi connectivity index (χ2v) is 9.04. The number of halogens is 6. The van der Waals surface area contributed by atoms with E-state index >= 15 is 0 Å². The van der Waals surface area contributed by atoms with E-state index in [4.69, 9.17) is 18.5 Å². The maximum atomic E-state index is 14.2. The van der Waals surface area contributed by atoms with E-state index in [1.807, 2.05) is 0 Å². The molecule has 2 aliphatic rings. The van der Waals surface area contributed by atoms with Crippen LogP contribution >= 0.6 is 11.6 Å². The largest absolute Gasteiger partial charge is 0.416 e. The molecule has 0 unspecified atom stereocenters. The van der Waals surface area contributed by atoms with Crippen LogP contribution in [0, 0.1) is 11.6 Å². The molecule has 0 aromatic heterocycles. The van der Waals surface area contributed by atoms with Gasteiger partial charge in [-0.05, 0) is 54.9 Å². The number of anilines is 2. The predicted molar refractivity (Wildman–Crippen MR) is 132 cm³/mol. The zero-order valence-corrected chi connectivity index (χ0v) is 20.0. The number of benzene rings is 3. The number of fused-ring (bicyclic) bond motifs is 3. The summed E-state index contributed by atoms with van der Waals surface area (Å²) in [5.41, 5.74) is -3.13. The number of rotatable bonds is 4. The standard InChI is InChI=1S/C26H18ClF5N4O3/c1-2-36-10-12-7-18(33-23(37)11-5-13(26(30,31)32)8-15(29)6-11)19-20(21(12)35-25(36)39)24(38)34-22(19)16-9-14(28)3-4-17(16)27/h3-9,22H,2,10H2,1H3,(H,33,37)(H,34,38)(H,35,39)/t22-/m0/s1/i1D3,2D2. The fourth-order valence-electron chi connectivity index (χ4n) is 4.49. The summed E-state index contributed by atoms with van der Waals surface area (Å²) in [4.78, 5) is 39.8. The molecule has 7 nitrogen and oxygen atoms in total. The smallest absolute Gasteiger partial charge is 0.341 e. The van der Waals surface area contributed by atoms with Gasteiger partial charge in [-0.3, -0.25) is 9.59 Å². The Morgan fingerprint density at radius 2 is 1.95 bits per heavy atom. The summed E-state index contributed by atoms with van der Waals surface area (Å²) in [7, 11) is 0. The molecule has 0 radical (unpaired) electrons. The SMILES string of the molecule is [2H]C([2H])([2H])C([2H])([2H])N1Cc2cc(NC(=O)c3cc(F)cc(C(F)(F)F)c3)c3c(c2NC1=O)C(=O)N[C@H]3c1cc(F)ccc1Cl. The number of carbonyl (C=O) groups is 3. The molecule has 39 heavy (non-hydrogen) atoms. The van der Waals surface area contributed by atoms with Crippen LogP contribution in [0.5, 0.6) is 0 Å². The molecule has 2 aliphatic heterocycles. The van der Waals surface area contributed by atoms with Crippen LogP contribution in [-0.2, 0) is 12.7 Å². The van der Waals surface area contributed by atoms with Gasteiger partial charge in [0, 0.05) is 47.3 Å². The first-order chi connectivity index (χ1) is 20.3. The fraction of sp³-hybridized carbons (Fsp3) is 0.192. The first-order valence-corrected chi connectivity index (χ1v) is 11.4. The Morgan fingerprint density at radius 3 is 2.67 bits per heavy atom. The minimum absolute atomic E-state index is 0.00169. The molecule has 0 saturated carbocycles. The maximum absolute atomic E-state index is 14.2. The highest BCUT2D eigenvalue weighted by atomic mass is 35.5. The van der Waals surface area contributed by atoms with Crippen molar-refractivity contribution in [1.82, 2.24) is 10.2 Å². The Balaban J connectivity index is 1.69. The summed E-state index contributed by atoms with van der Waals surface area (Å²) in [5.74, 6) is -4.25. The van der Waals surface area contributed by atoms with Crippen molar-refractivity contribution < 1.29 is 43.2 Å². The first kappa shape index (κ1) is 20.7. The highest BCUT2D eigenvalue weighted by Gasteiger charge is 2.40. The molecule has 0 spiro atoms. The van der Waals surface area contributed by atoms with Gasteiger partial charge in [0.05, 0.1) is 22.9 Å². The Kier molecular flexibility index (Phi) is 5.06. The number of hydrogen-bond donors (Lipinski definition) is 3. The molecule has 2 heterocycles. The lowest BCUT2D eigenvalue weighted by atomic mass is 9.92. The molecule has 0 saturated heterocycles. The van der Waals surface area contributed by atoms with Crippen LogP contribution < -0.4 is 16.0 Å². The number of urea groups is 1. The normalized spacial score (nSPS) is 19.0. The van der Waals surface area contributed by atoms with E-state index in [0.29, 0.717) is 17.0 Å². The third-order valence-electron chi connectivity index (χ3n) is 6.19. The average Bonchev–Trinajstić information content (AvgIpc) is 3.26. The predicted octanol–water partition coefficient (Wildman–Crippen LogP) is 6.09. The van der Waals surface area contributed by atoms with Gasteiger partial charge in [-0.2, -0.15) is 13.2 Å². The molecule has 0 aliphatic carbocycles. The van der Waals surface area contributed by atoms with Gasteiger partial charge in [0.15, 0.2) is 0 Å². The van der Waals surface area contributed by atoms with Gasteiger partial charge in [-0.1, -0.05) is 11.6 Å². The van der Waals surface area contributed by atoms with Crippen LogP contribution in [0.2, 0.25) is 5.02 Å². The number of nitrogens with one attached hydrogen (secondary N) is 3. The third-order valence-corrected chi connectivity index (χ3v) is 6.53. The Morgan fingerprint density at radius 1 is 1.18 bits per heavy atom. The molecule has 3 aromatic rings. The number of amides is 4. The lowest BCUT2D eigenvalue weighted by Gasteiger charge is -2.30. The van der Waals surface area contributed by atoms with E-state index < -0.39 is 72.7 Å². The summed E-state index contributed by atoms with van der Waals surface area (Å²) < 4.78 is 107. The van der Waals surface area contributed by atoms with Crippen LogP contribution in [0.15, 0.2) is 42.5 Å². The third kappa shape index (κ3) is 4.76. The number of nitrogens with zero attached hydrogens (tertiary/aromatic N) is 1. The first-order valence-electron chi connectivity index (χ1n) is 13.5. The molecule has 5 rings (SSSR count). The zero-order valence-electron chi connectivity index (χ0n) is 24.3. The second-order valence-electron chi connectivity index (χ2n) is 8.63. The zero-order chi connectivity index (χ0) is 32.5. The van der Waals surface area contributed by atoms with Crippen molar-refractivity contribution in [1.29, 1.82) is 0 Å². The van der Waals surface area contributed by atoms with E-state index in [0.717, 1.165) is 18.2 Å². The van der Waals surface area contributed by atoms with Crippen molar-refractivity contribution in [3.05, 3.63) is 92.5 Å². The molecular weight excluding hydrogens is 547 g/mol. The molecule has 202 valence electrons. The summed E-state index contributed by atoms with van der Waals surface area (Å²) in [6.45, 7) is -7.23. The van der Waals surface area contributed by atoms with Gasteiger partial charge < -0.3 is 20.9 Å². The average molecular weight is 570 g/mol. The molecule has 0 bridgehead atoms. The molecule has 1 atom stereocenters. The summed E-state index contributed by atoms with van der Waals surface area (Å²) in [6.07, 6.45) is -5.00. The summed E-state index contributed by atoms with van der Waals surface area (Å²) in [6, 6.07) is 2.99. The highest BCUT2D eigenvalue weighted by molar-refractivity contribution is 6.31. The van der Waals surface area contributed by atoms with Gasteiger partial charge >= 0.3 is 12.2 Å². The van der Waals surface area contributed by atoms with Crippen molar-refractivity contribution in [2.45, 2.75) is 25.6 Å². The minimum Gasteiger partial charge on any atom is -0.341 e. The van der Waals surface area contributed by atoms with Crippen molar-refractivity contribution in [2.24, 2.45) is 0 Å². The van der Waals surface area contributed by atoms with Crippen LogP contribution in [0.4, 0.5) is 38.1 Å². The van der Waals surface area contributed by atoms with Gasteiger partial charge in [0.25, 0.3) is 11.8 Å². The van der Waals surface area contributed by atoms with Gasteiger partial charge in [-0.25, -0.2) is 13.6 Å². The van der Waals surface area contributed by atoms with E-state index in [9.17, 15) is 36.3 Å². The molecule has 13 heteroatoms. The number of hydrogen-bond acceptors (Lipinski definition) is 3. The Bertz CT molecular complexity index is 1750. The van der Waals surface area contributed by atoms with Gasteiger partial charge in [-0.15, -0.1) is 0 Å². The maximum Gasteiger partial charge on any atom is 0.416 e. The van der Waals surface area contributed by atoms with Gasteiger partial charge in [0.2, 0.25) is 0 Å². The quantitative estimate of drug-likeness (QED) is 0.332.